The number of halogens is 3. The van der Waals surface area contributed by atoms with Gasteiger partial charge in [-0.1, -0.05) is 12.1 Å². The predicted octanol–water partition coefficient (Wildman–Crippen LogP) is 2.72. The second kappa shape index (κ2) is 7.36. The van der Waals surface area contributed by atoms with Crippen LogP contribution in [0.25, 0.3) is 11.0 Å². The van der Waals surface area contributed by atoms with E-state index in [0.717, 1.165) is 12.1 Å². The molecule has 1 aromatic carbocycles. The van der Waals surface area contributed by atoms with Crippen LogP contribution in [0.1, 0.15) is 5.56 Å². The molecule has 10 heteroatoms. The fourth-order valence-corrected chi connectivity index (χ4v) is 2.34. The average molecular weight is 378 g/mol. The van der Waals surface area contributed by atoms with Crippen LogP contribution in [0, 0.1) is 0 Å². The van der Waals surface area contributed by atoms with Crippen molar-refractivity contribution in [2.24, 2.45) is 0 Å². The maximum atomic E-state index is 12.2. The highest BCUT2D eigenvalue weighted by Crippen LogP contribution is 2.23. The molecule has 2 aromatic heterocycles. The molecular weight excluding hydrogens is 365 g/mol. The van der Waals surface area contributed by atoms with Gasteiger partial charge in [-0.2, -0.15) is 0 Å². The van der Waals surface area contributed by atoms with Crippen LogP contribution in [0.3, 0.4) is 0 Å². The van der Waals surface area contributed by atoms with Gasteiger partial charge in [0, 0.05) is 18.9 Å². The number of fused-ring (bicyclic) bond motifs is 1. The van der Waals surface area contributed by atoms with Crippen molar-refractivity contribution >= 4 is 28.5 Å². The SMILES string of the molecule is O=C(NCc1cccc(OC(F)(F)F)c1)C(=O)Nc1c[nH]c2cccnc12. The number of carbonyl (C=O) groups excluding carboxylic acids is 2. The van der Waals surface area contributed by atoms with Gasteiger partial charge in [0.15, 0.2) is 0 Å². The Balaban J connectivity index is 1.59. The Morgan fingerprint density at radius 3 is 2.74 bits per heavy atom. The van der Waals surface area contributed by atoms with Gasteiger partial charge in [-0.25, -0.2) is 0 Å². The van der Waals surface area contributed by atoms with Crippen molar-refractivity contribution < 1.29 is 27.5 Å². The molecule has 0 saturated carbocycles. The molecule has 0 aliphatic carbocycles. The molecule has 3 N–H and O–H groups in total. The van der Waals surface area contributed by atoms with Gasteiger partial charge >= 0.3 is 18.2 Å². The largest absolute Gasteiger partial charge is 0.573 e. The van der Waals surface area contributed by atoms with E-state index in [2.05, 4.69) is 25.3 Å². The summed E-state index contributed by atoms with van der Waals surface area (Å²) in [4.78, 5) is 30.9. The van der Waals surface area contributed by atoms with Gasteiger partial charge in [0.2, 0.25) is 0 Å². The summed E-state index contributed by atoms with van der Waals surface area (Å²) < 4.78 is 40.5. The maximum Gasteiger partial charge on any atom is 0.573 e. The number of rotatable bonds is 4. The molecule has 27 heavy (non-hydrogen) atoms. The van der Waals surface area contributed by atoms with Crippen LogP contribution in [0.4, 0.5) is 18.9 Å². The topological polar surface area (TPSA) is 96.1 Å². The number of nitrogens with zero attached hydrogens (tertiary/aromatic N) is 1. The Bertz CT molecular complexity index is 985. The molecule has 0 unspecified atom stereocenters. The molecule has 0 bridgehead atoms. The zero-order valence-corrected chi connectivity index (χ0v) is 13.6. The summed E-state index contributed by atoms with van der Waals surface area (Å²) in [6.07, 6.45) is -1.77. The molecule has 0 atom stereocenters. The van der Waals surface area contributed by atoms with Crippen LogP contribution in [0.15, 0.2) is 48.8 Å². The van der Waals surface area contributed by atoms with E-state index in [4.69, 9.17) is 0 Å². The molecule has 140 valence electrons. The molecule has 7 nitrogen and oxygen atoms in total. The minimum Gasteiger partial charge on any atom is -0.406 e. The second-order valence-corrected chi connectivity index (χ2v) is 5.43. The van der Waals surface area contributed by atoms with Crippen molar-refractivity contribution in [2.45, 2.75) is 12.9 Å². The molecule has 0 fully saturated rings. The molecule has 3 aromatic rings. The quantitative estimate of drug-likeness (QED) is 0.608. The van der Waals surface area contributed by atoms with Crippen molar-refractivity contribution in [3.8, 4) is 5.75 Å². The van der Waals surface area contributed by atoms with E-state index in [-0.39, 0.29) is 6.54 Å². The molecule has 3 rings (SSSR count). The molecule has 0 aliphatic heterocycles. The lowest BCUT2D eigenvalue weighted by atomic mass is 10.2. The Kier molecular flexibility index (Phi) is 4.97. The van der Waals surface area contributed by atoms with Crippen LogP contribution < -0.4 is 15.4 Å². The van der Waals surface area contributed by atoms with E-state index < -0.39 is 23.9 Å². The molecular formula is C17H13F3N4O3. The summed E-state index contributed by atoms with van der Waals surface area (Å²) in [7, 11) is 0. The van der Waals surface area contributed by atoms with Gasteiger partial charge in [-0.3, -0.25) is 14.6 Å². The number of H-pyrrole nitrogens is 1. The van der Waals surface area contributed by atoms with E-state index in [9.17, 15) is 22.8 Å². The zero-order valence-electron chi connectivity index (χ0n) is 13.6. The first-order valence-corrected chi connectivity index (χ1v) is 7.68. The van der Waals surface area contributed by atoms with Gasteiger partial charge in [0.1, 0.15) is 11.3 Å². The van der Waals surface area contributed by atoms with Gasteiger partial charge in [-0.05, 0) is 29.8 Å². The fraction of sp³-hybridized carbons (Fsp3) is 0.118. The number of hydrogen-bond donors (Lipinski definition) is 3. The lowest BCUT2D eigenvalue weighted by Crippen LogP contribution is -2.34. The first-order valence-electron chi connectivity index (χ1n) is 7.68. The smallest absolute Gasteiger partial charge is 0.406 e. The van der Waals surface area contributed by atoms with Crippen molar-refractivity contribution in [1.29, 1.82) is 0 Å². The molecule has 2 amide bonds. The zero-order chi connectivity index (χ0) is 19.4. The lowest BCUT2D eigenvalue weighted by Gasteiger charge is -2.10. The summed E-state index contributed by atoms with van der Waals surface area (Å²) in [6.45, 7) is -0.145. The molecule has 0 radical (unpaired) electrons. The van der Waals surface area contributed by atoms with Crippen LogP contribution in [0.5, 0.6) is 5.75 Å². The highest BCUT2D eigenvalue weighted by Gasteiger charge is 2.31. The van der Waals surface area contributed by atoms with Crippen molar-refractivity contribution in [2.75, 3.05) is 5.32 Å². The van der Waals surface area contributed by atoms with Crippen LogP contribution in [-0.4, -0.2) is 28.1 Å². The first kappa shape index (κ1) is 18.2. The summed E-state index contributed by atoms with van der Waals surface area (Å²) in [5.41, 5.74) is 1.86. The van der Waals surface area contributed by atoms with E-state index in [1.54, 1.807) is 18.3 Å². The molecule has 2 heterocycles. The number of pyridine rings is 1. The van der Waals surface area contributed by atoms with Gasteiger partial charge in [0.25, 0.3) is 0 Å². The number of carbonyl (C=O) groups is 2. The summed E-state index contributed by atoms with van der Waals surface area (Å²) in [5, 5.41) is 4.76. The van der Waals surface area contributed by atoms with Gasteiger partial charge < -0.3 is 20.4 Å². The molecule has 0 spiro atoms. The number of ether oxygens (including phenoxy) is 1. The number of hydrogen-bond acceptors (Lipinski definition) is 4. The predicted molar refractivity (Wildman–Crippen MR) is 89.7 cm³/mol. The highest BCUT2D eigenvalue weighted by molar-refractivity contribution is 6.40. The second-order valence-electron chi connectivity index (χ2n) is 5.43. The van der Waals surface area contributed by atoms with Gasteiger partial charge in [-0.15, -0.1) is 13.2 Å². The number of amides is 2. The van der Waals surface area contributed by atoms with E-state index in [1.807, 2.05) is 0 Å². The van der Waals surface area contributed by atoms with E-state index in [0.29, 0.717) is 22.3 Å². The maximum absolute atomic E-state index is 12.2. The number of aromatic nitrogens is 2. The van der Waals surface area contributed by atoms with Crippen molar-refractivity contribution in [3.63, 3.8) is 0 Å². The summed E-state index contributed by atoms with van der Waals surface area (Å²) in [6, 6.07) is 8.57. The Hall–Kier alpha value is -3.56. The monoisotopic (exact) mass is 378 g/mol. The summed E-state index contributed by atoms with van der Waals surface area (Å²) in [5.74, 6) is -2.28. The van der Waals surface area contributed by atoms with Crippen molar-refractivity contribution in [1.82, 2.24) is 15.3 Å². The Morgan fingerprint density at radius 1 is 1.15 bits per heavy atom. The highest BCUT2D eigenvalue weighted by atomic mass is 19.4. The third-order valence-corrected chi connectivity index (χ3v) is 3.47. The van der Waals surface area contributed by atoms with Crippen LogP contribution >= 0.6 is 0 Å². The first-order chi connectivity index (χ1) is 12.8. The fourth-order valence-electron chi connectivity index (χ4n) is 2.34. The standard InChI is InChI=1S/C17H13F3N4O3/c18-17(19,20)27-11-4-1-3-10(7-11)8-23-15(25)16(26)24-13-9-22-12-5-2-6-21-14(12)13/h1-7,9,22H,8H2,(H,23,25)(H,24,26). The van der Waals surface area contributed by atoms with Crippen molar-refractivity contribution in [3.05, 3.63) is 54.4 Å². The van der Waals surface area contributed by atoms with E-state index >= 15 is 0 Å². The number of aromatic amines is 1. The third-order valence-electron chi connectivity index (χ3n) is 3.47. The number of nitrogens with one attached hydrogen (secondary N) is 3. The van der Waals surface area contributed by atoms with Crippen LogP contribution in [0.2, 0.25) is 0 Å². The number of benzene rings is 1. The number of alkyl halides is 3. The third kappa shape index (κ3) is 4.75. The summed E-state index contributed by atoms with van der Waals surface area (Å²) >= 11 is 0. The Labute approximate surface area is 150 Å². The lowest BCUT2D eigenvalue weighted by molar-refractivity contribution is -0.274. The average Bonchev–Trinajstić information content (AvgIpc) is 3.01. The minimum absolute atomic E-state index is 0.145. The minimum atomic E-state index is -4.81. The normalized spacial score (nSPS) is 11.2. The molecule has 0 saturated heterocycles. The van der Waals surface area contributed by atoms with Gasteiger partial charge in [0.05, 0.1) is 11.2 Å². The van der Waals surface area contributed by atoms with E-state index in [1.165, 1.54) is 18.3 Å². The Morgan fingerprint density at radius 2 is 1.96 bits per heavy atom. The molecule has 0 aliphatic rings. The van der Waals surface area contributed by atoms with Crippen LogP contribution in [-0.2, 0) is 16.1 Å². The number of anilines is 1.